The topological polar surface area (TPSA) is 45.2 Å². The van der Waals surface area contributed by atoms with Gasteiger partial charge in [0, 0.05) is 25.0 Å². The minimum absolute atomic E-state index is 0.170. The van der Waals surface area contributed by atoms with Crippen LogP contribution >= 0.6 is 0 Å². The van der Waals surface area contributed by atoms with Crippen LogP contribution in [0.1, 0.15) is 36.8 Å². The van der Waals surface area contributed by atoms with Gasteiger partial charge in [-0.2, -0.15) is 0 Å². The molecule has 1 fully saturated rings. The molecule has 2 atom stereocenters. The summed E-state index contributed by atoms with van der Waals surface area (Å²) in [5.41, 5.74) is 2.48. The van der Waals surface area contributed by atoms with Gasteiger partial charge in [-0.25, -0.2) is 0 Å². The van der Waals surface area contributed by atoms with Crippen molar-refractivity contribution in [2.75, 3.05) is 0 Å². The molecule has 2 N–H and O–H groups in total. The first-order valence-electron chi connectivity index (χ1n) is 6.08. The molecular formula is C13H20N2O. The van der Waals surface area contributed by atoms with Crippen LogP contribution in [0.25, 0.3) is 0 Å². The van der Waals surface area contributed by atoms with E-state index in [0.29, 0.717) is 0 Å². The summed E-state index contributed by atoms with van der Waals surface area (Å²) in [6, 6.07) is 2.30. The molecular weight excluding hydrogens is 200 g/mol. The molecule has 16 heavy (non-hydrogen) atoms. The number of aliphatic hydroxyl groups is 1. The van der Waals surface area contributed by atoms with Gasteiger partial charge in [-0.05, 0) is 37.0 Å². The summed E-state index contributed by atoms with van der Waals surface area (Å²) < 4.78 is 0. The molecule has 0 aliphatic heterocycles. The number of hydrogen-bond donors (Lipinski definition) is 2. The zero-order valence-corrected chi connectivity index (χ0v) is 9.82. The minimum Gasteiger partial charge on any atom is -0.392 e. The lowest BCUT2D eigenvalue weighted by atomic mass is 9.92. The number of aryl methyl sites for hydroxylation is 1. The van der Waals surface area contributed by atoms with E-state index in [9.17, 15) is 5.11 Å². The molecule has 1 heterocycles. The zero-order valence-electron chi connectivity index (χ0n) is 9.82. The van der Waals surface area contributed by atoms with Gasteiger partial charge in [0.1, 0.15) is 0 Å². The molecule has 0 amide bonds. The molecule has 1 aliphatic rings. The predicted molar refractivity (Wildman–Crippen MR) is 64.1 cm³/mol. The highest BCUT2D eigenvalue weighted by Gasteiger charge is 2.22. The number of nitrogens with one attached hydrogen (secondary N) is 1. The summed E-state index contributed by atoms with van der Waals surface area (Å²) >= 11 is 0. The molecule has 88 valence electrons. The average molecular weight is 220 g/mol. The van der Waals surface area contributed by atoms with E-state index in [2.05, 4.69) is 17.2 Å². The van der Waals surface area contributed by atoms with Crippen LogP contribution in [-0.4, -0.2) is 22.2 Å². The third kappa shape index (κ3) is 2.80. The summed E-state index contributed by atoms with van der Waals surface area (Å²) in [4.78, 5) is 4.08. The van der Waals surface area contributed by atoms with Gasteiger partial charge in [0.15, 0.2) is 0 Å². The van der Waals surface area contributed by atoms with Crippen LogP contribution in [0.15, 0.2) is 18.5 Å². The number of aliphatic hydroxyl groups excluding tert-OH is 1. The predicted octanol–water partition coefficient (Wildman–Crippen LogP) is 1.78. The van der Waals surface area contributed by atoms with Gasteiger partial charge in [0.25, 0.3) is 0 Å². The maximum atomic E-state index is 9.84. The van der Waals surface area contributed by atoms with E-state index in [4.69, 9.17) is 0 Å². The van der Waals surface area contributed by atoms with Crippen LogP contribution in [0.2, 0.25) is 0 Å². The molecule has 0 spiro atoms. The molecule has 0 saturated heterocycles. The molecule has 1 aliphatic carbocycles. The van der Waals surface area contributed by atoms with Crippen molar-refractivity contribution in [2.45, 2.75) is 51.3 Å². The van der Waals surface area contributed by atoms with E-state index in [1.165, 1.54) is 17.5 Å². The number of pyridine rings is 1. The van der Waals surface area contributed by atoms with Crippen molar-refractivity contribution in [2.24, 2.45) is 0 Å². The summed E-state index contributed by atoms with van der Waals surface area (Å²) in [5.74, 6) is 0. The maximum absolute atomic E-state index is 9.84. The Hall–Kier alpha value is -0.930. The van der Waals surface area contributed by atoms with E-state index in [1.54, 1.807) is 0 Å². The van der Waals surface area contributed by atoms with Gasteiger partial charge in [0.05, 0.1) is 6.10 Å². The van der Waals surface area contributed by atoms with E-state index in [1.807, 2.05) is 18.5 Å². The molecule has 3 heteroatoms. The minimum atomic E-state index is -0.170. The summed E-state index contributed by atoms with van der Waals surface area (Å²) in [7, 11) is 0. The molecule has 0 bridgehead atoms. The number of rotatable bonds is 3. The number of nitrogens with zero attached hydrogens (tertiary/aromatic N) is 1. The highest BCUT2D eigenvalue weighted by Crippen LogP contribution is 2.19. The number of aromatic nitrogens is 1. The summed E-state index contributed by atoms with van der Waals surface area (Å²) in [6.45, 7) is 2.90. The Kier molecular flexibility index (Phi) is 3.91. The second kappa shape index (κ2) is 5.41. The van der Waals surface area contributed by atoms with E-state index in [-0.39, 0.29) is 12.1 Å². The van der Waals surface area contributed by atoms with Gasteiger partial charge in [-0.1, -0.05) is 12.8 Å². The van der Waals surface area contributed by atoms with Gasteiger partial charge in [-0.15, -0.1) is 0 Å². The Morgan fingerprint density at radius 2 is 2.25 bits per heavy atom. The van der Waals surface area contributed by atoms with Gasteiger partial charge in [-0.3, -0.25) is 4.98 Å². The second-order valence-corrected chi connectivity index (χ2v) is 4.64. The van der Waals surface area contributed by atoms with Crippen molar-refractivity contribution < 1.29 is 5.11 Å². The number of hydrogen-bond acceptors (Lipinski definition) is 3. The quantitative estimate of drug-likeness (QED) is 0.816. The van der Waals surface area contributed by atoms with Gasteiger partial charge >= 0.3 is 0 Å². The highest BCUT2D eigenvalue weighted by molar-refractivity contribution is 5.21. The molecule has 0 radical (unpaired) electrons. The van der Waals surface area contributed by atoms with Crippen LogP contribution in [0.4, 0.5) is 0 Å². The van der Waals surface area contributed by atoms with Crippen molar-refractivity contribution in [1.82, 2.24) is 10.3 Å². The fourth-order valence-corrected chi connectivity index (χ4v) is 2.29. The van der Waals surface area contributed by atoms with E-state index in [0.717, 1.165) is 25.8 Å². The van der Waals surface area contributed by atoms with Crippen molar-refractivity contribution in [3.8, 4) is 0 Å². The van der Waals surface area contributed by atoms with E-state index < -0.39 is 0 Å². The SMILES string of the molecule is Cc1cnccc1CNC1CCCCC1O. The standard InChI is InChI=1S/C13H20N2O/c1-10-8-14-7-6-11(10)9-15-12-4-2-3-5-13(12)16/h6-8,12-13,15-16H,2-5,9H2,1H3. The Labute approximate surface area is 96.9 Å². The third-order valence-corrected chi connectivity index (χ3v) is 3.42. The van der Waals surface area contributed by atoms with E-state index >= 15 is 0 Å². The molecule has 3 nitrogen and oxygen atoms in total. The first-order valence-corrected chi connectivity index (χ1v) is 6.08. The monoisotopic (exact) mass is 220 g/mol. The second-order valence-electron chi connectivity index (χ2n) is 4.64. The molecule has 1 saturated carbocycles. The molecule has 2 rings (SSSR count). The highest BCUT2D eigenvalue weighted by atomic mass is 16.3. The third-order valence-electron chi connectivity index (χ3n) is 3.42. The van der Waals surface area contributed by atoms with Crippen LogP contribution in [0.3, 0.4) is 0 Å². The smallest absolute Gasteiger partial charge is 0.0693 e. The lowest BCUT2D eigenvalue weighted by Crippen LogP contribution is -2.41. The maximum Gasteiger partial charge on any atom is 0.0693 e. The molecule has 2 unspecified atom stereocenters. The molecule has 1 aromatic rings. The normalized spacial score (nSPS) is 25.6. The largest absolute Gasteiger partial charge is 0.392 e. The van der Waals surface area contributed by atoms with Crippen molar-refractivity contribution in [3.05, 3.63) is 29.6 Å². The zero-order chi connectivity index (χ0) is 11.4. The molecule has 0 aromatic carbocycles. The lowest BCUT2D eigenvalue weighted by molar-refractivity contribution is 0.0902. The van der Waals surface area contributed by atoms with Crippen LogP contribution in [0.5, 0.6) is 0 Å². The molecule has 1 aromatic heterocycles. The van der Waals surface area contributed by atoms with Crippen molar-refractivity contribution >= 4 is 0 Å². The Morgan fingerprint density at radius 1 is 1.44 bits per heavy atom. The Morgan fingerprint density at radius 3 is 3.00 bits per heavy atom. The van der Waals surface area contributed by atoms with Crippen LogP contribution in [-0.2, 0) is 6.54 Å². The average Bonchev–Trinajstić information content (AvgIpc) is 2.30. The first-order chi connectivity index (χ1) is 7.77. The first kappa shape index (κ1) is 11.6. The van der Waals surface area contributed by atoms with Crippen molar-refractivity contribution in [1.29, 1.82) is 0 Å². The van der Waals surface area contributed by atoms with Crippen LogP contribution < -0.4 is 5.32 Å². The lowest BCUT2D eigenvalue weighted by Gasteiger charge is -2.28. The fraction of sp³-hybridized carbons (Fsp3) is 0.615. The fourth-order valence-electron chi connectivity index (χ4n) is 2.29. The Balaban J connectivity index is 1.89. The van der Waals surface area contributed by atoms with Gasteiger partial charge in [0.2, 0.25) is 0 Å². The van der Waals surface area contributed by atoms with Crippen molar-refractivity contribution in [3.63, 3.8) is 0 Å². The van der Waals surface area contributed by atoms with Crippen LogP contribution in [0, 0.1) is 6.92 Å². The summed E-state index contributed by atoms with van der Waals surface area (Å²) in [6.07, 6.45) is 7.95. The van der Waals surface area contributed by atoms with Gasteiger partial charge < -0.3 is 10.4 Å². The Bertz CT molecular complexity index is 340. The summed E-state index contributed by atoms with van der Waals surface area (Å²) in [5, 5.41) is 13.3.